The summed E-state index contributed by atoms with van der Waals surface area (Å²) >= 11 is 1.59. The van der Waals surface area contributed by atoms with Gasteiger partial charge in [0.2, 0.25) is 0 Å². The second-order valence-corrected chi connectivity index (χ2v) is 5.72. The van der Waals surface area contributed by atoms with Gasteiger partial charge in [-0.3, -0.25) is 4.79 Å². The second kappa shape index (κ2) is 7.07. The molecule has 0 bridgehead atoms. The van der Waals surface area contributed by atoms with E-state index >= 15 is 0 Å². The van der Waals surface area contributed by atoms with Crippen LogP contribution in [0.4, 0.5) is 5.69 Å². The van der Waals surface area contributed by atoms with Gasteiger partial charge in [-0.1, -0.05) is 0 Å². The number of hydrogen-bond acceptors (Lipinski definition) is 4. The third-order valence-electron chi connectivity index (χ3n) is 3.25. The van der Waals surface area contributed by atoms with Crippen LogP contribution in [0.3, 0.4) is 0 Å². The molecule has 23 heavy (non-hydrogen) atoms. The van der Waals surface area contributed by atoms with E-state index in [0.717, 1.165) is 22.0 Å². The standard InChI is InChI=1S/C18H16N2O2S/c1-2-22-16-9-5-13(6-10-16)17(21)20-15-7-3-14(4-8-15)18-19-11-12-23-18/h3-12H,2H2,1H3,(H,20,21). The number of anilines is 1. The van der Waals surface area contributed by atoms with Gasteiger partial charge in [-0.25, -0.2) is 4.98 Å². The maximum Gasteiger partial charge on any atom is 0.255 e. The van der Waals surface area contributed by atoms with Crippen LogP contribution in [0.1, 0.15) is 17.3 Å². The average molecular weight is 324 g/mol. The average Bonchev–Trinajstić information content (AvgIpc) is 3.11. The number of rotatable bonds is 5. The van der Waals surface area contributed by atoms with Crippen molar-refractivity contribution >= 4 is 22.9 Å². The van der Waals surface area contributed by atoms with Gasteiger partial charge in [0.05, 0.1) is 6.61 Å². The van der Waals surface area contributed by atoms with Gasteiger partial charge in [-0.05, 0) is 55.5 Å². The number of carbonyl (C=O) groups excluding carboxylic acids is 1. The minimum absolute atomic E-state index is 0.143. The molecule has 0 saturated carbocycles. The van der Waals surface area contributed by atoms with E-state index in [-0.39, 0.29) is 5.91 Å². The number of nitrogens with one attached hydrogen (secondary N) is 1. The van der Waals surface area contributed by atoms with Gasteiger partial charge in [0.1, 0.15) is 10.8 Å². The van der Waals surface area contributed by atoms with Crippen molar-refractivity contribution in [2.45, 2.75) is 6.92 Å². The van der Waals surface area contributed by atoms with Gasteiger partial charge in [0, 0.05) is 28.4 Å². The van der Waals surface area contributed by atoms with E-state index in [0.29, 0.717) is 12.2 Å². The quantitative estimate of drug-likeness (QED) is 0.754. The van der Waals surface area contributed by atoms with Gasteiger partial charge in [-0.2, -0.15) is 0 Å². The Morgan fingerprint density at radius 3 is 2.48 bits per heavy atom. The highest BCUT2D eigenvalue weighted by atomic mass is 32.1. The number of nitrogens with zero attached hydrogens (tertiary/aromatic N) is 1. The molecule has 0 spiro atoms. The van der Waals surface area contributed by atoms with Crippen molar-refractivity contribution in [3.8, 4) is 16.3 Å². The molecule has 0 unspecified atom stereocenters. The van der Waals surface area contributed by atoms with Crippen molar-refractivity contribution in [3.63, 3.8) is 0 Å². The lowest BCUT2D eigenvalue weighted by Gasteiger charge is -2.07. The Labute approximate surface area is 138 Å². The molecule has 0 fully saturated rings. The zero-order valence-electron chi connectivity index (χ0n) is 12.7. The smallest absolute Gasteiger partial charge is 0.255 e. The molecule has 3 aromatic rings. The van der Waals surface area contributed by atoms with Crippen LogP contribution >= 0.6 is 11.3 Å². The second-order valence-electron chi connectivity index (χ2n) is 4.83. The minimum atomic E-state index is -0.143. The number of benzene rings is 2. The molecule has 1 heterocycles. The molecule has 5 heteroatoms. The van der Waals surface area contributed by atoms with Gasteiger partial charge in [0.25, 0.3) is 5.91 Å². The van der Waals surface area contributed by atoms with Crippen LogP contribution in [0, 0.1) is 0 Å². The first-order chi connectivity index (χ1) is 11.3. The molecular formula is C18H16N2O2S. The monoisotopic (exact) mass is 324 g/mol. The van der Waals surface area contributed by atoms with Crippen LogP contribution in [0.15, 0.2) is 60.1 Å². The molecule has 0 atom stereocenters. The Bertz CT molecular complexity index is 766. The molecule has 0 aliphatic rings. The van der Waals surface area contributed by atoms with Gasteiger partial charge in [-0.15, -0.1) is 11.3 Å². The van der Waals surface area contributed by atoms with Crippen molar-refractivity contribution in [3.05, 3.63) is 65.7 Å². The number of aromatic nitrogens is 1. The van der Waals surface area contributed by atoms with Crippen LogP contribution in [-0.2, 0) is 0 Å². The van der Waals surface area contributed by atoms with Crippen molar-refractivity contribution in [1.29, 1.82) is 0 Å². The fourth-order valence-electron chi connectivity index (χ4n) is 2.13. The summed E-state index contributed by atoms with van der Waals surface area (Å²) in [5, 5.41) is 5.79. The molecule has 116 valence electrons. The summed E-state index contributed by atoms with van der Waals surface area (Å²) < 4.78 is 5.37. The van der Waals surface area contributed by atoms with Crippen LogP contribution in [0.2, 0.25) is 0 Å². The fourth-order valence-corrected chi connectivity index (χ4v) is 2.78. The van der Waals surface area contributed by atoms with E-state index in [9.17, 15) is 4.79 Å². The summed E-state index contributed by atoms with van der Waals surface area (Å²) in [5.41, 5.74) is 2.39. The highest BCUT2D eigenvalue weighted by Gasteiger charge is 2.07. The zero-order chi connectivity index (χ0) is 16.1. The first kappa shape index (κ1) is 15.2. The fraction of sp³-hybridized carbons (Fsp3) is 0.111. The lowest BCUT2D eigenvalue weighted by atomic mass is 10.2. The van der Waals surface area contributed by atoms with Crippen LogP contribution in [-0.4, -0.2) is 17.5 Å². The number of ether oxygens (including phenoxy) is 1. The largest absolute Gasteiger partial charge is 0.494 e. The molecule has 0 saturated heterocycles. The molecule has 0 radical (unpaired) electrons. The molecular weight excluding hydrogens is 308 g/mol. The summed E-state index contributed by atoms with van der Waals surface area (Å²) in [5.74, 6) is 0.617. The Hall–Kier alpha value is -2.66. The van der Waals surface area contributed by atoms with E-state index in [1.807, 2.05) is 36.6 Å². The Balaban J connectivity index is 1.67. The van der Waals surface area contributed by atoms with Crippen molar-refractivity contribution < 1.29 is 9.53 Å². The predicted molar refractivity (Wildman–Crippen MR) is 93.1 cm³/mol. The number of hydrogen-bond donors (Lipinski definition) is 1. The van der Waals surface area contributed by atoms with Crippen molar-refractivity contribution in [1.82, 2.24) is 4.98 Å². The van der Waals surface area contributed by atoms with E-state index < -0.39 is 0 Å². The number of thiazole rings is 1. The Kier molecular flexibility index (Phi) is 4.68. The van der Waals surface area contributed by atoms with Gasteiger partial charge in [0.15, 0.2) is 0 Å². The lowest BCUT2D eigenvalue weighted by Crippen LogP contribution is -2.11. The van der Waals surface area contributed by atoms with Gasteiger partial charge < -0.3 is 10.1 Å². The molecule has 0 aliphatic carbocycles. The maximum atomic E-state index is 12.2. The highest BCUT2D eigenvalue weighted by molar-refractivity contribution is 7.13. The summed E-state index contributed by atoms with van der Waals surface area (Å²) in [6.45, 7) is 2.53. The molecule has 1 amide bonds. The summed E-state index contributed by atoms with van der Waals surface area (Å²) in [6.07, 6.45) is 1.78. The molecule has 1 N–H and O–H groups in total. The lowest BCUT2D eigenvalue weighted by molar-refractivity contribution is 0.102. The summed E-state index contributed by atoms with van der Waals surface area (Å²) in [4.78, 5) is 16.5. The van der Waals surface area contributed by atoms with Crippen LogP contribution in [0.5, 0.6) is 5.75 Å². The van der Waals surface area contributed by atoms with Crippen molar-refractivity contribution in [2.24, 2.45) is 0 Å². The van der Waals surface area contributed by atoms with E-state index in [4.69, 9.17) is 4.74 Å². The number of carbonyl (C=O) groups is 1. The SMILES string of the molecule is CCOc1ccc(C(=O)Nc2ccc(-c3nccs3)cc2)cc1. The van der Waals surface area contributed by atoms with Crippen LogP contribution in [0.25, 0.3) is 10.6 Å². The van der Waals surface area contributed by atoms with Crippen molar-refractivity contribution in [2.75, 3.05) is 11.9 Å². The van der Waals surface area contributed by atoms with E-state index in [1.165, 1.54) is 0 Å². The summed E-state index contributed by atoms with van der Waals surface area (Å²) in [6, 6.07) is 14.8. The molecule has 3 rings (SSSR count). The zero-order valence-corrected chi connectivity index (χ0v) is 13.5. The topological polar surface area (TPSA) is 51.2 Å². The van der Waals surface area contributed by atoms with E-state index in [1.54, 1.807) is 41.8 Å². The van der Waals surface area contributed by atoms with Crippen LogP contribution < -0.4 is 10.1 Å². The molecule has 2 aromatic carbocycles. The maximum absolute atomic E-state index is 12.2. The normalized spacial score (nSPS) is 10.3. The molecule has 4 nitrogen and oxygen atoms in total. The molecule has 1 aromatic heterocycles. The van der Waals surface area contributed by atoms with E-state index in [2.05, 4.69) is 10.3 Å². The predicted octanol–water partition coefficient (Wildman–Crippen LogP) is 4.46. The highest BCUT2D eigenvalue weighted by Crippen LogP contribution is 2.23. The Morgan fingerprint density at radius 1 is 1.13 bits per heavy atom. The van der Waals surface area contributed by atoms with Gasteiger partial charge >= 0.3 is 0 Å². The Morgan fingerprint density at radius 2 is 1.87 bits per heavy atom. The third kappa shape index (κ3) is 3.76. The first-order valence-corrected chi connectivity index (χ1v) is 8.18. The molecule has 0 aliphatic heterocycles. The first-order valence-electron chi connectivity index (χ1n) is 7.30. The summed E-state index contributed by atoms with van der Waals surface area (Å²) in [7, 11) is 0. The minimum Gasteiger partial charge on any atom is -0.494 e. The number of amides is 1. The third-order valence-corrected chi connectivity index (χ3v) is 4.07.